The van der Waals surface area contributed by atoms with Gasteiger partial charge in [0.25, 0.3) is 0 Å². The standard InChI is InChI=1S/C26H18FN.C12H10/c27-23-14-6-10-19(17-16-18-8-2-1-3-9-18)25(23)22-13-7-12-21-20-11-4-5-15-24(20)28-26(21)22;1-3-7-11(8-4-1)12-9-5-2-6-10-12/h1-17,28H;1-10H. The van der Waals surface area contributed by atoms with E-state index < -0.39 is 0 Å². The van der Waals surface area contributed by atoms with Gasteiger partial charge in [0, 0.05) is 27.4 Å². The number of nitrogens with one attached hydrogen (secondary N) is 1. The second-order valence-electron chi connectivity index (χ2n) is 9.58. The van der Waals surface area contributed by atoms with Gasteiger partial charge in [-0.1, -0.05) is 152 Å². The van der Waals surface area contributed by atoms with Gasteiger partial charge in [-0.15, -0.1) is 0 Å². The summed E-state index contributed by atoms with van der Waals surface area (Å²) in [6.45, 7) is 0. The number of hydrogen-bond donors (Lipinski definition) is 1. The van der Waals surface area contributed by atoms with E-state index in [0.717, 1.165) is 38.5 Å². The molecule has 1 heterocycles. The average molecular weight is 518 g/mol. The number of halogens is 1. The van der Waals surface area contributed by atoms with Crippen molar-refractivity contribution in [3.63, 3.8) is 0 Å². The number of para-hydroxylation sites is 2. The van der Waals surface area contributed by atoms with Crippen LogP contribution in [0.1, 0.15) is 11.1 Å². The quantitative estimate of drug-likeness (QED) is 0.224. The van der Waals surface area contributed by atoms with E-state index in [1.165, 1.54) is 17.2 Å². The summed E-state index contributed by atoms with van der Waals surface area (Å²) in [4.78, 5) is 3.48. The predicted molar refractivity (Wildman–Crippen MR) is 168 cm³/mol. The van der Waals surface area contributed by atoms with Crippen molar-refractivity contribution in [3.05, 3.63) is 169 Å². The van der Waals surface area contributed by atoms with Crippen LogP contribution in [-0.2, 0) is 0 Å². The number of H-pyrrole nitrogens is 1. The minimum atomic E-state index is -0.221. The van der Waals surface area contributed by atoms with Crippen LogP contribution in [0.5, 0.6) is 0 Å². The molecule has 192 valence electrons. The molecule has 1 N–H and O–H groups in total. The lowest BCUT2D eigenvalue weighted by atomic mass is 9.96. The van der Waals surface area contributed by atoms with E-state index >= 15 is 0 Å². The van der Waals surface area contributed by atoms with E-state index in [9.17, 15) is 4.39 Å². The van der Waals surface area contributed by atoms with E-state index in [1.54, 1.807) is 6.07 Å². The smallest absolute Gasteiger partial charge is 0.131 e. The van der Waals surface area contributed by atoms with Crippen molar-refractivity contribution in [2.75, 3.05) is 0 Å². The Hall–Kier alpha value is -5.21. The van der Waals surface area contributed by atoms with Gasteiger partial charge in [-0.05, 0) is 34.4 Å². The summed E-state index contributed by atoms with van der Waals surface area (Å²) in [5, 5.41) is 2.26. The number of benzene rings is 6. The zero-order valence-corrected chi connectivity index (χ0v) is 22.0. The molecule has 0 saturated carbocycles. The van der Waals surface area contributed by atoms with Crippen LogP contribution in [0.15, 0.2) is 152 Å². The Balaban J connectivity index is 0.000000201. The average Bonchev–Trinajstić information content (AvgIpc) is 3.41. The molecule has 0 atom stereocenters. The highest BCUT2D eigenvalue weighted by molar-refractivity contribution is 6.12. The second-order valence-corrected chi connectivity index (χ2v) is 9.58. The Morgan fingerprint density at radius 2 is 1.05 bits per heavy atom. The molecular weight excluding hydrogens is 489 g/mol. The summed E-state index contributed by atoms with van der Waals surface area (Å²) in [6.07, 6.45) is 4.00. The Morgan fingerprint density at radius 1 is 0.475 bits per heavy atom. The Bertz CT molecular complexity index is 1850. The van der Waals surface area contributed by atoms with Crippen molar-refractivity contribution in [2.45, 2.75) is 0 Å². The topological polar surface area (TPSA) is 15.8 Å². The van der Waals surface area contributed by atoms with E-state index in [2.05, 4.69) is 71.7 Å². The van der Waals surface area contributed by atoms with E-state index in [4.69, 9.17) is 0 Å². The monoisotopic (exact) mass is 517 g/mol. The van der Waals surface area contributed by atoms with Gasteiger partial charge in [0.05, 0.1) is 5.52 Å². The minimum absolute atomic E-state index is 0.221. The van der Waals surface area contributed by atoms with E-state index in [0.29, 0.717) is 5.56 Å². The van der Waals surface area contributed by atoms with Crippen molar-refractivity contribution in [2.24, 2.45) is 0 Å². The predicted octanol–water partition coefficient (Wildman–Crippen LogP) is 10.7. The first-order valence-corrected chi connectivity index (χ1v) is 13.4. The lowest BCUT2D eigenvalue weighted by Gasteiger charge is -2.10. The van der Waals surface area contributed by atoms with E-state index in [1.807, 2.05) is 84.9 Å². The van der Waals surface area contributed by atoms with Crippen LogP contribution in [-0.4, -0.2) is 4.98 Å². The largest absolute Gasteiger partial charge is 0.354 e. The molecule has 2 heteroatoms. The molecule has 0 radical (unpaired) electrons. The van der Waals surface area contributed by atoms with Crippen molar-refractivity contribution >= 4 is 34.0 Å². The number of aromatic nitrogens is 1. The number of hydrogen-bond acceptors (Lipinski definition) is 0. The number of fused-ring (bicyclic) bond motifs is 3. The molecule has 7 rings (SSSR count). The molecule has 0 spiro atoms. The Labute approximate surface area is 233 Å². The van der Waals surface area contributed by atoms with Gasteiger partial charge in [-0.2, -0.15) is 0 Å². The third kappa shape index (κ3) is 5.34. The maximum Gasteiger partial charge on any atom is 0.131 e. The molecule has 0 aliphatic rings. The van der Waals surface area contributed by atoms with Crippen LogP contribution in [0.2, 0.25) is 0 Å². The summed E-state index contributed by atoms with van der Waals surface area (Å²) in [5.74, 6) is -0.221. The molecule has 1 aromatic heterocycles. The summed E-state index contributed by atoms with van der Waals surface area (Å²) in [5.41, 5.74) is 8.00. The van der Waals surface area contributed by atoms with Crippen LogP contribution in [0, 0.1) is 5.82 Å². The van der Waals surface area contributed by atoms with Gasteiger partial charge in [0.2, 0.25) is 0 Å². The summed E-state index contributed by atoms with van der Waals surface area (Å²) in [6, 6.07) is 50.3. The fraction of sp³-hybridized carbons (Fsp3) is 0. The molecule has 0 bridgehead atoms. The van der Waals surface area contributed by atoms with Gasteiger partial charge < -0.3 is 4.98 Å². The number of rotatable bonds is 4. The van der Waals surface area contributed by atoms with Gasteiger partial charge in [-0.3, -0.25) is 0 Å². The Morgan fingerprint density at radius 3 is 1.75 bits per heavy atom. The normalized spacial score (nSPS) is 11.0. The lowest BCUT2D eigenvalue weighted by molar-refractivity contribution is 0.631. The lowest BCUT2D eigenvalue weighted by Crippen LogP contribution is -1.90. The van der Waals surface area contributed by atoms with Crippen molar-refractivity contribution < 1.29 is 4.39 Å². The van der Waals surface area contributed by atoms with Gasteiger partial charge in [0.15, 0.2) is 0 Å². The van der Waals surface area contributed by atoms with Crippen molar-refractivity contribution in [3.8, 4) is 22.3 Å². The minimum Gasteiger partial charge on any atom is -0.354 e. The highest BCUT2D eigenvalue weighted by Crippen LogP contribution is 2.36. The van der Waals surface area contributed by atoms with Crippen LogP contribution in [0.25, 0.3) is 56.2 Å². The second kappa shape index (κ2) is 11.7. The van der Waals surface area contributed by atoms with Crippen LogP contribution in [0.3, 0.4) is 0 Å². The number of aromatic amines is 1. The zero-order valence-electron chi connectivity index (χ0n) is 22.0. The van der Waals surface area contributed by atoms with Gasteiger partial charge in [-0.25, -0.2) is 4.39 Å². The molecule has 0 fully saturated rings. The molecule has 0 aliphatic heterocycles. The molecule has 6 aromatic carbocycles. The molecule has 40 heavy (non-hydrogen) atoms. The maximum absolute atomic E-state index is 15.0. The van der Waals surface area contributed by atoms with Crippen LogP contribution < -0.4 is 0 Å². The maximum atomic E-state index is 15.0. The first-order chi connectivity index (χ1) is 19.8. The van der Waals surface area contributed by atoms with Gasteiger partial charge in [0.1, 0.15) is 5.82 Å². The van der Waals surface area contributed by atoms with Crippen LogP contribution in [0.4, 0.5) is 4.39 Å². The molecule has 1 nitrogen and oxygen atoms in total. The van der Waals surface area contributed by atoms with Crippen LogP contribution >= 0.6 is 0 Å². The fourth-order valence-corrected chi connectivity index (χ4v) is 5.06. The molecule has 0 aliphatic carbocycles. The SMILES string of the molecule is Fc1cccc(C=Cc2ccccc2)c1-c1cccc2c1[nH]c1ccccc12.c1ccc(-c2ccccc2)cc1. The molecular formula is C38H28FN. The van der Waals surface area contributed by atoms with Crippen molar-refractivity contribution in [1.82, 2.24) is 4.98 Å². The van der Waals surface area contributed by atoms with Crippen molar-refractivity contribution in [1.29, 1.82) is 0 Å². The highest BCUT2D eigenvalue weighted by atomic mass is 19.1. The first kappa shape index (κ1) is 25.1. The third-order valence-electron chi connectivity index (χ3n) is 6.99. The third-order valence-corrected chi connectivity index (χ3v) is 6.99. The Kier molecular flexibility index (Phi) is 7.32. The van der Waals surface area contributed by atoms with Gasteiger partial charge >= 0.3 is 0 Å². The summed E-state index contributed by atoms with van der Waals surface area (Å²) >= 11 is 0. The summed E-state index contributed by atoms with van der Waals surface area (Å²) < 4.78 is 15.0. The molecule has 0 unspecified atom stereocenters. The van der Waals surface area contributed by atoms with E-state index in [-0.39, 0.29) is 5.82 Å². The molecule has 0 saturated heterocycles. The first-order valence-electron chi connectivity index (χ1n) is 13.4. The summed E-state index contributed by atoms with van der Waals surface area (Å²) in [7, 11) is 0. The molecule has 0 amide bonds. The highest BCUT2D eigenvalue weighted by Gasteiger charge is 2.15. The zero-order chi connectivity index (χ0) is 27.1. The molecule has 7 aromatic rings. The fourth-order valence-electron chi connectivity index (χ4n) is 5.06.